The van der Waals surface area contributed by atoms with Crippen LogP contribution in [0.15, 0.2) is 36.5 Å². The molecule has 0 unspecified atom stereocenters. The van der Waals surface area contributed by atoms with Crippen LogP contribution in [0.25, 0.3) is 11.3 Å². The van der Waals surface area contributed by atoms with Gasteiger partial charge in [0.25, 0.3) is 5.91 Å². The van der Waals surface area contributed by atoms with Crippen LogP contribution < -0.4 is 16.0 Å². The van der Waals surface area contributed by atoms with Crippen LogP contribution in [-0.4, -0.2) is 46.3 Å². The van der Waals surface area contributed by atoms with Gasteiger partial charge in [0.2, 0.25) is 11.8 Å². The number of nitrogens with zero attached hydrogens (tertiary/aromatic N) is 2. The van der Waals surface area contributed by atoms with Crippen LogP contribution in [-0.2, 0) is 9.59 Å². The lowest BCUT2D eigenvalue weighted by Crippen LogP contribution is -2.51. The van der Waals surface area contributed by atoms with Gasteiger partial charge in [-0.3, -0.25) is 14.4 Å². The first-order valence-corrected chi connectivity index (χ1v) is 11.3. The third-order valence-electron chi connectivity index (χ3n) is 5.60. The van der Waals surface area contributed by atoms with Gasteiger partial charge in [0.1, 0.15) is 12.1 Å². The molecule has 0 aliphatic carbocycles. The number of amides is 3. The van der Waals surface area contributed by atoms with Crippen molar-refractivity contribution in [2.45, 2.75) is 51.6 Å². The van der Waals surface area contributed by atoms with Crippen molar-refractivity contribution in [2.75, 3.05) is 6.54 Å². The maximum atomic E-state index is 13.0. The average Bonchev–Trinajstić information content (AvgIpc) is 3.30. The number of carbonyl (C=O) groups is 3. The van der Waals surface area contributed by atoms with Crippen molar-refractivity contribution < 1.29 is 14.4 Å². The van der Waals surface area contributed by atoms with Crippen molar-refractivity contribution in [3.8, 4) is 17.3 Å². The molecule has 1 fully saturated rings. The van der Waals surface area contributed by atoms with Crippen LogP contribution >= 0.6 is 0 Å². The summed E-state index contributed by atoms with van der Waals surface area (Å²) in [5, 5.41) is 17.8. The lowest BCUT2D eigenvalue weighted by atomic mass is 9.91. The van der Waals surface area contributed by atoms with Gasteiger partial charge in [-0.1, -0.05) is 44.2 Å². The molecule has 2 aromatic rings. The molecule has 3 atom stereocenters. The quantitative estimate of drug-likeness (QED) is 0.463. The molecule has 1 aliphatic rings. The molecule has 4 N–H and O–H groups in total. The predicted octanol–water partition coefficient (Wildman–Crippen LogP) is 2.15. The molecule has 1 saturated heterocycles. The molecule has 174 valence electrons. The largest absolute Gasteiger partial charge is 0.356 e. The minimum absolute atomic E-state index is 0.0881. The van der Waals surface area contributed by atoms with Crippen molar-refractivity contribution in [1.82, 2.24) is 25.9 Å². The Bertz CT molecular complexity index is 1010. The molecule has 3 amide bonds. The maximum Gasteiger partial charge on any atom is 0.287 e. The van der Waals surface area contributed by atoms with Crippen LogP contribution in [0.1, 0.15) is 50.1 Å². The number of piperidine rings is 1. The Kier molecular flexibility index (Phi) is 8.19. The molecule has 1 aliphatic heterocycles. The Morgan fingerprint density at radius 1 is 1.24 bits per heavy atom. The molecule has 33 heavy (non-hydrogen) atoms. The number of imidazole rings is 1. The summed E-state index contributed by atoms with van der Waals surface area (Å²) in [5.41, 5.74) is 1.59. The molecule has 1 aromatic heterocycles. The third-order valence-corrected chi connectivity index (χ3v) is 5.60. The molecule has 0 saturated carbocycles. The SMILES string of the molecule is CC(C)C[C@H](NC(=O)c1ncc(-c2ccccc2)[nH]1)C(=O)N[C@H](C#N)C[C@@H]1CCCNC1=O. The molecule has 9 heteroatoms. The summed E-state index contributed by atoms with van der Waals surface area (Å²) in [6.07, 6.45) is 3.75. The zero-order valence-electron chi connectivity index (χ0n) is 18.9. The molecule has 0 bridgehead atoms. The van der Waals surface area contributed by atoms with E-state index in [1.54, 1.807) is 6.20 Å². The topological polar surface area (TPSA) is 140 Å². The Morgan fingerprint density at radius 2 is 2.00 bits per heavy atom. The number of H-pyrrole nitrogens is 1. The highest BCUT2D eigenvalue weighted by Crippen LogP contribution is 2.18. The fraction of sp³-hybridized carbons (Fsp3) is 0.458. The van der Waals surface area contributed by atoms with Crippen molar-refractivity contribution in [2.24, 2.45) is 11.8 Å². The zero-order valence-corrected chi connectivity index (χ0v) is 18.9. The van der Waals surface area contributed by atoms with E-state index in [1.807, 2.05) is 44.2 Å². The minimum Gasteiger partial charge on any atom is -0.356 e. The van der Waals surface area contributed by atoms with E-state index in [9.17, 15) is 19.6 Å². The van der Waals surface area contributed by atoms with Crippen molar-refractivity contribution in [3.05, 3.63) is 42.4 Å². The third kappa shape index (κ3) is 6.65. The molecule has 0 spiro atoms. The Hall–Kier alpha value is -3.67. The summed E-state index contributed by atoms with van der Waals surface area (Å²) in [4.78, 5) is 44.9. The van der Waals surface area contributed by atoms with E-state index < -0.39 is 23.9 Å². The Labute approximate surface area is 193 Å². The summed E-state index contributed by atoms with van der Waals surface area (Å²) in [6, 6.07) is 9.91. The monoisotopic (exact) mass is 450 g/mol. The predicted molar refractivity (Wildman–Crippen MR) is 123 cm³/mol. The highest BCUT2D eigenvalue weighted by atomic mass is 16.2. The van der Waals surface area contributed by atoms with Crippen LogP contribution in [0.3, 0.4) is 0 Å². The Balaban J connectivity index is 1.65. The van der Waals surface area contributed by atoms with Crippen molar-refractivity contribution >= 4 is 17.7 Å². The smallest absolute Gasteiger partial charge is 0.287 e. The highest BCUT2D eigenvalue weighted by Gasteiger charge is 2.29. The van der Waals surface area contributed by atoms with Crippen LogP contribution in [0.4, 0.5) is 0 Å². The number of carbonyl (C=O) groups excluding carboxylic acids is 3. The number of aromatic amines is 1. The second-order valence-corrected chi connectivity index (χ2v) is 8.72. The normalized spacial score (nSPS) is 17.5. The van der Waals surface area contributed by atoms with E-state index in [2.05, 4.69) is 32.0 Å². The fourth-order valence-corrected chi connectivity index (χ4v) is 3.89. The molecular weight excluding hydrogens is 420 g/mol. The number of hydrogen-bond donors (Lipinski definition) is 4. The van der Waals surface area contributed by atoms with Gasteiger partial charge in [0, 0.05) is 12.5 Å². The van der Waals surface area contributed by atoms with Crippen molar-refractivity contribution in [1.29, 1.82) is 5.26 Å². The van der Waals surface area contributed by atoms with E-state index in [1.165, 1.54) is 0 Å². The first-order chi connectivity index (χ1) is 15.9. The molecular formula is C24H30N6O3. The van der Waals surface area contributed by atoms with Gasteiger partial charge in [0.15, 0.2) is 5.82 Å². The van der Waals surface area contributed by atoms with Gasteiger partial charge in [-0.05, 0) is 37.2 Å². The lowest BCUT2D eigenvalue weighted by molar-refractivity contribution is -0.128. The first-order valence-electron chi connectivity index (χ1n) is 11.3. The summed E-state index contributed by atoms with van der Waals surface area (Å²) < 4.78 is 0. The van der Waals surface area contributed by atoms with E-state index >= 15 is 0 Å². The van der Waals surface area contributed by atoms with E-state index in [0.717, 1.165) is 12.0 Å². The summed E-state index contributed by atoms with van der Waals surface area (Å²) in [7, 11) is 0. The summed E-state index contributed by atoms with van der Waals surface area (Å²) in [6.45, 7) is 4.53. The minimum atomic E-state index is -0.834. The van der Waals surface area contributed by atoms with Gasteiger partial charge >= 0.3 is 0 Å². The standard InChI is InChI=1S/C24H30N6O3/c1-15(2)11-19(23(32)28-18(13-25)12-17-9-6-10-26-22(17)31)30-24(33)21-27-14-20(29-21)16-7-4-3-5-8-16/h3-5,7-8,14-15,17-19H,6,9-12H2,1-2H3,(H,26,31)(H,27,29)(H,28,32)(H,30,33)/t17-,18-,19-/m0/s1. The number of benzene rings is 1. The van der Waals surface area contributed by atoms with Gasteiger partial charge in [0.05, 0.1) is 18.0 Å². The molecule has 0 radical (unpaired) electrons. The van der Waals surface area contributed by atoms with Gasteiger partial charge < -0.3 is 20.9 Å². The number of hydrogen-bond acceptors (Lipinski definition) is 5. The van der Waals surface area contributed by atoms with E-state index in [-0.39, 0.29) is 30.0 Å². The zero-order chi connectivity index (χ0) is 23.8. The average molecular weight is 451 g/mol. The molecule has 9 nitrogen and oxygen atoms in total. The van der Waals surface area contributed by atoms with Gasteiger partial charge in [-0.15, -0.1) is 0 Å². The second-order valence-electron chi connectivity index (χ2n) is 8.72. The van der Waals surface area contributed by atoms with E-state index in [0.29, 0.717) is 25.1 Å². The summed E-state index contributed by atoms with van der Waals surface area (Å²) >= 11 is 0. The van der Waals surface area contributed by atoms with Gasteiger partial charge in [-0.2, -0.15) is 5.26 Å². The summed E-state index contributed by atoms with van der Waals surface area (Å²) in [5.74, 6) is -1.11. The number of nitriles is 1. The molecule has 3 rings (SSSR count). The lowest BCUT2D eigenvalue weighted by Gasteiger charge is -2.25. The fourth-order valence-electron chi connectivity index (χ4n) is 3.89. The number of rotatable bonds is 9. The maximum absolute atomic E-state index is 13.0. The first kappa shape index (κ1) is 24.0. The van der Waals surface area contributed by atoms with E-state index in [4.69, 9.17) is 0 Å². The number of aromatic nitrogens is 2. The number of nitrogens with one attached hydrogen (secondary N) is 4. The van der Waals surface area contributed by atoms with Crippen LogP contribution in [0.2, 0.25) is 0 Å². The molecule has 1 aromatic carbocycles. The highest BCUT2D eigenvalue weighted by molar-refractivity contribution is 5.95. The van der Waals surface area contributed by atoms with Gasteiger partial charge in [-0.25, -0.2) is 4.98 Å². The second kappa shape index (κ2) is 11.3. The molecule has 2 heterocycles. The van der Waals surface area contributed by atoms with Crippen molar-refractivity contribution in [3.63, 3.8) is 0 Å². The Morgan fingerprint density at radius 3 is 2.67 bits per heavy atom. The van der Waals surface area contributed by atoms with Crippen LogP contribution in [0, 0.1) is 23.2 Å². The van der Waals surface area contributed by atoms with Crippen LogP contribution in [0.5, 0.6) is 0 Å².